The first-order chi connectivity index (χ1) is 11.1. The van der Waals surface area contributed by atoms with Crippen molar-refractivity contribution in [3.05, 3.63) is 24.1 Å². The lowest BCUT2D eigenvalue weighted by Crippen LogP contribution is -2.43. The van der Waals surface area contributed by atoms with Crippen molar-refractivity contribution in [2.45, 2.75) is 31.8 Å². The number of oxazole rings is 1. The van der Waals surface area contributed by atoms with Crippen LogP contribution in [0.5, 0.6) is 5.75 Å². The minimum Gasteiger partial charge on any atom is -0.508 e. The van der Waals surface area contributed by atoms with Crippen molar-refractivity contribution in [1.82, 2.24) is 15.6 Å². The zero-order valence-electron chi connectivity index (χ0n) is 12.8. The molecule has 2 unspecified atom stereocenters. The van der Waals surface area contributed by atoms with E-state index in [2.05, 4.69) is 15.6 Å². The lowest BCUT2D eigenvalue weighted by atomic mass is 10.0. The van der Waals surface area contributed by atoms with E-state index in [0.29, 0.717) is 11.1 Å². The zero-order chi connectivity index (χ0) is 16.4. The number of aldehydes is 1. The van der Waals surface area contributed by atoms with Crippen LogP contribution in [0.2, 0.25) is 0 Å². The second kappa shape index (κ2) is 6.37. The van der Waals surface area contributed by atoms with Gasteiger partial charge in [0.25, 0.3) is 0 Å². The molecule has 0 bridgehead atoms. The predicted octanol–water partition coefficient (Wildman–Crippen LogP) is 1.28. The van der Waals surface area contributed by atoms with Gasteiger partial charge < -0.3 is 25.0 Å². The highest BCUT2D eigenvalue weighted by Crippen LogP contribution is 2.27. The highest BCUT2D eigenvalue weighted by molar-refractivity contribution is 5.83. The molecule has 3 N–H and O–H groups in total. The van der Waals surface area contributed by atoms with E-state index in [-0.39, 0.29) is 23.6 Å². The van der Waals surface area contributed by atoms with Gasteiger partial charge in [-0.2, -0.15) is 0 Å². The number of carbonyl (C=O) groups is 2. The number of nitrogens with zero attached hydrogens (tertiary/aromatic N) is 1. The van der Waals surface area contributed by atoms with Crippen LogP contribution in [0.1, 0.15) is 31.7 Å². The Morgan fingerprint density at radius 1 is 1.57 bits per heavy atom. The quantitative estimate of drug-likeness (QED) is 0.718. The van der Waals surface area contributed by atoms with Crippen molar-refractivity contribution in [2.24, 2.45) is 5.92 Å². The van der Waals surface area contributed by atoms with Crippen LogP contribution >= 0.6 is 0 Å². The molecule has 3 rings (SSSR count). The number of hydrogen-bond acceptors (Lipinski definition) is 6. The van der Waals surface area contributed by atoms with Gasteiger partial charge in [-0.3, -0.25) is 4.79 Å². The number of benzene rings is 1. The number of nitrogens with one attached hydrogen (secondary N) is 2. The van der Waals surface area contributed by atoms with Gasteiger partial charge in [-0.05, 0) is 31.5 Å². The molecule has 0 radical (unpaired) electrons. The molecule has 3 atom stereocenters. The maximum Gasteiger partial charge on any atom is 0.237 e. The summed E-state index contributed by atoms with van der Waals surface area (Å²) in [6.45, 7) is 2.51. The fourth-order valence-corrected chi connectivity index (χ4v) is 2.73. The van der Waals surface area contributed by atoms with Crippen LogP contribution in [-0.2, 0) is 9.59 Å². The van der Waals surface area contributed by atoms with E-state index < -0.39 is 12.0 Å². The van der Waals surface area contributed by atoms with E-state index in [1.807, 2.05) is 0 Å². The van der Waals surface area contributed by atoms with Crippen LogP contribution in [0, 0.1) is 5.92 Å². The molecule has 7 heteroatoms. The van der Waals surface area contributed by atoms with Crippen LogP contribution in [0.15, 0.2) is 22.6 Å². The summed E-state index contributed by atoms with van der Waals surface area (Å²) in [5, 5.41) is 15.5. The first-order valence-electron chi connectivity index (χ1n) is 7.67. The van der Waals surface area contributed by atoms with Crippen LogP contribution < -0.4 is 10.6 Å². The third kappa shape index (κ3) is 3.19. The maximum atomic E-state index is 12.3. The van der Waals surface area contributed by atoms with Crippen molar-refractivity contribution in [3.63, 3.8) is 0 Å². The summed E-state index contributed by atoms with van der Waals surface area (Å²) in [5.74, 6) is -0.304. The summed E-state index contributed by atoms with van der Waals surface area (Å²) >= 11 is 0. The molecule has 1 aromatic heterocycles. The second-order valence-electron chi connectivity index (χ2n) is 5.83. The normalized spacial score (nSPS) is 20.3. The Hall–Kier alpha value is -2.41. The molecule has 1 fully saturated rings. The Balaban J connectivity index is 1.87. The molecule has 1 aromatic carbocycles. The Morgan fingerprint density at radius 2 is 2.39 bits per heavy atom. The number of aromatic nitrogens is 1. The van der Waals surface area contributed by atoms with E-state index >= 15 is 0 Å². The van der Waals surface area contributed by atoms with Crippen LogP contribution in [-0.4, -0.2) is 34.9 Å². The number of aromatic hydroxyl groups is 1. The van der Waals surface area contributed by atoms with Crippen molar-refractivity contribution in [1.29, 1.82) is 0 Å². The van der Waals surface area contributed by atoms with Gasteiger partial charge in [-0.1, -0.05) is 6.92 Å². The molecule has 1 saturated heterocycles. The van der Waals surface area contributed by atoms with E-state index in [9.17, 15) is 14.7 Å². The van der Waals surface area contributed by atoms with Gasteiger partial charge in [0.1, 0.15) is 23.6 Å². The molecule has 0 aliphatic carbocycles. The molecule has 1 aliphatic rings. The lowest BCUT2D eigenvalue weighted by molar-refractivity contribution is -0.124. The number of carbonyl (C=O) groups excluding carboxylic acids is 2. The molecule has 0 saturated carbocycles. The molecular weight excluding hydrogens is 298 g/mol. The number of amides is 1. The minimum absolute atomic E-state index is 0.0801. The highest BCUT2D eigenvalue weighted by Gasteiger charge is 2.30. The van der Waals surface area contributed by atoms with Gasteiger partial charge in [-0.25, -0.2) is 4.98 Å². The van der Waals surface area contributed by atoms with E-state index in [1.165, 1.54) is 12.1 Å². The van der Waals surface area contributed by atoms with Crippen molar-refractivity contribution >= 4 is 23.3 Å². The molecule has 2 aromatic rings. The highest BCUT2D eigenvalue weighted by atomic mass is 16.4. The largest absolute Gasteiger partial charge is 0.508 e. The fraction of sp³-hybridized carbons (Fsp3) is 0.438. The van der Waals surface area contributed by atoms with Gasteiger partial charge in [0.15, 0.2) is 5.58 Å². The van der Waals surface area contributed by atoms with E-state index in [4.69, 9.17) is 4.42 Å². The van der Waals surface area contributed by atoms with Gasteiger partial charge in [-0.15, -0.1) is 0 Å². The molecule has 23 heavy (non-hydrogen) atoms. The summed E-state index contributed by atoms with van der Waals surface area (Å²) in [7, 11) is 0. The molecule has 1 aliphatic heterocycles. The van der Waals surface area contributed by atoms with Crippen molar-refractivity contribution in [2.75, 3.05) is 6.54 Å². The summed E-state index contributed by atoms with van der Waals surface area (Å²) in [4.78, 5) is 27.8. The number of hydrogen-bond donors (Lipinski definition) is 3. The Labute approximate surface area is 133 Å². The molecule has 7 nitrogen and oxygen atoms in total. The number of fused-ring (bicyclic) bond motifs is 1. The zero-order valence-corrected chi connectivity index (χ0v) is 12.8. The Bertz CT molecular complexity index is 721. The monoisotopic (exact) mass is 317 g/mol. The lowest BCUT2D eigenvalue weighted by Gasteiger charge is -2.20. The smallest absolute Gasteiger partial charge is 0.237 e. The number of rotatable bonds is 5. The predicted molar refractivity (Wildman–Crippen MR) is 82.8 cm³/mol. The van der Waals surface area contributed by atoms with E-state index in [1.54, 1.807) is 13.0 Å². The Kier molecular flexibility index (Phi) is 4.29. The molecule has 122 valence electrons. The summed E-state index contributed by atoms with van der Waals surface area (Å²) < 4.78 is 5.66. The molecule has 0 spiro atoms. The third-order valence-electron chi connectivity index (χ3n) is 4.07. The van der Waals surface area contributed by atoms with Crippen molar-refractivity contribution in [3.8, 4) is 5.75 Å². The molecule has 1 amide bonds. The average molecular weight is 317 g/mol. The minimum atomic E-state index is -0.642. The topological polar surface area (TPSA) is 104 Å². The van der Waals surface area contributed by atoms with E-state index in [0.717, 1.165) is 25.7 Å². The summed E-state index contributed by atoms with van der Waals surface area (Å²) in [6, 6.07) is 3.69. The van der Waals surface area contributed by atoms with Crippen LogP contribution in [0.3, 0.4) is 0 Å². The third-order valence-corrected chi connectivity index (χ3v) is 4.07. The maximum absolute atomic E-state index is 12.3. The standard InChI is InChI=1S/C16H19N3O4/c1-9(8-20)14(19-15(22)11-3-2-6-17-11)16-18-12-7-10(21)4-5-13(12)23-16/h4-5,7-9,11,14,17,21H,2-3,6H2,1H3,(H,19,22)/t9?,11-,14?/m0/s1. The SMILES string of the molecule is CC(C=O)C(NC(=O)[C@@H]1CCCN1)c1nc2cc(O)ccc2o1. The van der Waals surface area contributed by atoms with Crippen LogP contribution in [0.4, 0.5) is 0 Å². The first kappa shape index (κ1) is 15.5. The Morgan fingerprint density at radius 3 is 3.09 bits per heavy atom. The van der Waals surface area contributed by atoms with Crippen LogP contribution in [0.25, 0.3) is 11.1 Å². The summed E-state index contributed by atoms with van der Waals surface area (Å²) in [5.41, 5.74) is 0.977. The van der Waals surface area contributed by atoms with Gasteiger partial charge >= 0.3 is 0 Å². The number of phenols is 1. The first-order valence-corrected chi connectivity index (χ1v) is 7.67. The van der Waals surface area contributed by atoms with Crippen molar-refractivity contribution < 1.29 is 19.1 Å². The number of phenolic OH excluding ortho intramolecular Hbond substituents is 1. The summed E-state index contributed by atoms with van der Waals surface area (Å²) in [6.07, 6.45) is 2.49. The molecule has 2 heterocycles. The van der Waals surface area contributed by atoms with Gasteiger partial charge in [0.05, 0.1) is 6.04 Å². The van der Waals surface area contributed by atoms with Gasteiger partial charge in [0.2, 0.25) is 11.8 Å². The molecular formula is C16H19N3O4. The average Bonchev–Trinajstić information content (AvgIpc) is 3.20. The van der Waals surface area contributed by atoms with Gasteiger partial charge in [0, 0.05) is 12.0 Å². The second-order valence-corrected chi connectivity index (χ2v) is 5.83. The fourth-order valence-electron chi connectivity index (χ4n) is 2.73.